The van der Waals surface area contributed by atoms with E-state index >= 15 is 0 Å². The summed E-state index contributed by atoms with van der Waals surface area (Å²) < 4.78 is 10.8. The fourth-order valence-corrected chi connectivity index (χ4v) is 6.18. The van der Waals surface area contributed by atoms with Crippen LogP contribution in [-0.4, -0.2) is 59.4 Å². The number of carbonyl (C=O) groups is 3. The minimum atomic E-state index is -0.984. The van der Waals surface area contributed by atoms with Gasteiger partial charge in [0, 0.05) is 5.92 Å². The zero-order chi connectivity index (χ0) is 27.0. The van der Waals surface area contributed by atoms with Crippen molar-refractivity contribution in [2.24, 2.45) is 17.8 Å². The third kappa shape index (κ3) is 4.64. The Hall–Kier alpha value is -3.46. The summed E-state index contributed by atoms with van der Waals surface area (Å²) in [4.78, 5) is 38.8. The van der Waals surface area contributed by atoms with Crippen LogP contribution in [0.5, 0.6) is 5.75 Å². The molecule has 1 aliphatic carbocycles. The van der Waals surface area contributed by atoms with E-state index in [0.717, 1.165) is 29.4 Å². The molecule has 2 aromatic rings. The maximum absolute atomic E-state index is 13.1. The first-order valence-electron chi connectivity index (χ1n) is 12.5. The molecule has 3 aliphatic rings. The van der Waals surface area contributed by atoms with E-state index in [9.17, 15) is 24.6 Å². The topological polar surface area (TPSA) is 113 Å². The minimum Gasteiger partial charge on any atom is -0.508 e. The van der Waals surface area contributed by atoms with Crippen LogP contribution < -0.4 is 0 Å². The number of nitrogens with zero attached hydrogens (tertiary/aromatic N) is 1. The van der Waals surface area contributed by atoms with Crippen molar-refractivity contribution in [1.29, 1.82) is 0 Å². The Morgan fingerprint density at radius 1 is 1.16 bits per heavy atom. The Kier molecular flexibility index (Phi) is 7.38. The maximum Gasteiger partial charge on any atom is 0.423 e. The molecule has 2 heterocycles. The zero-order valence-corrected chi connectivity index (χ0v) is 21.6. The number of likely N-dealkylation sites (tertiary alicyclic amines) is 1. The van der Waals surface area contributed by atoms with Crippen molar-refractivity contribution in [3.63, 3.8) is 0 Å². The van der Waals surface area contributed by atoms with Gasteiger partial charge >= 0.3 is 6.09 Å². The number of imide groups is 3. The van der Waals surface area contributed by atoms with Crippen LogP contribution in [0.15, 0.2) is 59.7 Å². The largest absolute Gasteiger partial charge is 0.508 e. The molecular weight excluding hydrogens is 510 g/mol. The van der Waals surface area contributed by atoms with E-state index in [1.165, 1.54) is 6.07 Å². The number of halogens is 1. The Balaban J connectivity index is 1.42. The summed E-state index contributed by atoms with van der Waals surface area (Å²) >= 11 is 6.38. The molecule has 2 aromatic carbocycles. The van der Waals surface area contributed by atoms with Gasteiger partial charge in [0.25, 0.3) is 0 Å². The Bertz CT molecular complexity index is 1340. The van der Waals surface area contributed by atoms with Crippen LogP contribution in [-0.2, 0) is 19.1 Å². The van der Waals surface area contributed by atoms with Crippen molar-refractivity contribution in [2.75, 3.05) is 20.3 Å². The molecular formula is C29H28ClNO7. The first kappa shape index (κ1) is 26.2. The number of fused-ring (bicyclic) bond motifs is 3. The number of benzene rings is 2. The van der Waals surface area contributed by atoms with Crippen LogP contribution >= 0.6 is 11.6 Å². The lowest BCUT2D eigenvalue weighted by molar-refractivity contribution is -0.137. The van der Waals surface area contributed by atoms with Gasteiger partial charge in [-0.05, 0) is 71.4 Å². The first-order valence-corrected chi connectivity index (χ1v) is 12.9. The number of hydrogen-bond donors (Lipinski definition) is 2. The predicted molar refractivity (Wildman–Crippen MR) is 140 cm³/mol. The van der Waals surface area contributed by atoms with E-state index in [-0.39, 0.29) is 37.4 Å². The number of rotatable bonds is 6. The van der Waals surface area contributed by atoms with Gasteiger partial charge in [-0.3, -0.25) is 9.59 Å². The van der Waals surface area contributed by atoms with Gasteiger partial charge in [0.05, 0.1) is 43.3 Å². The fraction of sp³-hybridized carbons (Fsp3) is 0.345. The number of phenols is 1. The van der Waals surface area contributed by atoms with Crippen LogP contribution in [0.1, 0.15) is 30.4 Å². The number of carbonyl (C=O) groups excluding carboxylic acids is 3. The van der Waals surface area contributed by atoms with Gasteiger partial charge in [-0.15, -0.1) is 0 Å². The summed E-state index contributed by atoms with van der Waals surface area (Å²) in [5.74, 6) is -2.87. The van der Waals surface area contributed by atoms with Crippen LogP contribution in [0.3, 0.4) is 0 Å². The Labute approximate surface area is 225 Å². The van der Waals surface area contributed by atoms with E-state index in [4.69, 9.17) is 16.3 Å². The summed E-state index contributed by atoms with van der Waals surface area (Å²) in [5, 5.41) is 20.4. The lowest BCUT2D eigenvalue weighted by Crippen LogP contribution is -2.38. The van der Waals surface area contributed by atoms with Crippen LogP contribution in [0.4, 0.5) is 4.79 Å². The second kappa shape index (κ2) is 10.7. The van der Waals surface area contributed by atoms with Gasteiger partial charge in [-0.2, -0.15) is 4.90 Å². The van der Waals surface area contributed by atoms with Crippen molar-refractivity contribution >= 4 is 41.2 Å². The number of phenolic OH excluding ortho intramolecular Hbond substituents is 1. The van der Waals surface area contributed by atoms with E-state index in [1.807, 2.05) is 36.4 Å². The lowest BCUT2D eigenvalue weighted by atomic mass is 9.69. The highest BCUT2D eigenvalue weighted by Gasteiger charge is 2.58. The lowest BCUT2D eigenvalue weighted by Gasteiger charge is -2.31. The fourth-order valence-electron chi connectivity index (χ4n) is 5.95. The van der Waals surface area contributed by atoms with E-state index in [2.05, 4.69) is 4.74 Å². The van der Waals surface area contributed by atoms with Crippen molar-refractivity contribution in [3.05, 3.63) is 75.8 Å². The van der Waals surface area contributed by atoms with Gasteiger partial charge in [0.1, 0.15) is 5.75 Å². The molecule has 0 aromatic heterocycles. The number of allylic oxidation sites excluding steroid dienone is 1. The predicted octanol–water partition coefficient (Wildman–Crippen LogP) is 4.44. The number of hydrogen-bond acceptors (Lipinski definition) is 7. The minimum absolute atomic E-state index is 0.0867. The van der Waals surface area contributed by atoms with E-state index in [1.54, 1.807) is 12.1 Å². The number of amides is 3. The molecule has 0 spiro atoms. The van der Waals surface area contributed by atoms with Crippen molar-refractivity contribution in [1.82, 2.24) is 4.90 Å². The summed E-state index contributed by atoms with van der Waals surface area (Å²) in [5.41, 5.74) is 4.34. The SMILES string of the molecule is COC(=O)N1C(=O)[C@@H]2[C@@H](CC(CO)=C3[C@@H](CC/C(=C/c4ccc(O)cc4Cl)c4ccccc4)OC[C@@H]32)C1=O. The molecule has 4 atom stereocenters. The molecule has 5 rings (SSSR count). The highest BCUT2D eigenvalue weighted by atomic mass is 35.5. The summed E-state index contributed by atoms with van der Waals surface area (Å²) in [6, 6.07) is 14.7. The monoisotopic (exact) mass is 537 g/mol. The van der Waals surface area contributed by atoms with Gasteiger partial charge in [-0.1, -0.05) is 41.9 Å². The Morgan fingerprint density at radius 3 is 2.61 bits per heavy atom. The number of aliphatic hydroxyl groups is 1. The van der Waals surface area contributed by atoms with Crippen molar-refractivity contribution < 1.29 is 34.1 Å². The third-order valence-electron chi connectivity index (χ3n) is 7.69. The first-order chi connectivity index (χ1) is 18.3. The second-order valence-electron chi connectivity index (χ2n) is 9.74. The van der Waals surface area contributed by atoms with Gasteiger partial charge < -0.3 is 19.7 Å². The molecule has 9 heteroatoms. The highest BCUT2D eigenvalue weighted by molar-refractivity contribution is 6.32. The summed E-state index contributed by atoms with van der Waals surface area (Å²) in [6.45, 7) is -0.0218. The van der Waals surface area contributed by atoms with E-state index < -0.39 is 29.7 Å². The molecule has 198 valence electrons. The number of aliphatic hydroxyl groups excluding tert-OH is 1. The standard InChI is InChI=1S/C29H28ClNO7/c1-37-29(36)31-27(34)21-12-19(14-32)25-22(26(21)28(31)35)15-38-24(25)10-8-17(16-5-3-2-4-6-16)11-18-7-9-20(33)13-23(18)30/h2-7,9,11,13,21-22,24,26,32-33H,8,10,12,14-15H2,1H3/b17-11-/t21-,22+,24-,26-/m1/s1. The van der Waals surface area contributed by atoms with Gasteiger partial charge in [0.15, 0.2) is 0 Å². The smallest absolute Gasteiger partial charge is 0.423 e. The molecule has 2 aliphatic heterocycles. The number of ether oxygens (including phenoxy) is 2. The normalized spacial score (nSPS) is 25.0. The van der Waals surface area contributed by atoms with Crippen LogP contribution in [0.2, 0.25) is 5.02 Å². The van der Waals surface area contributed by atoms with Gasteiger partial charge in [0.2, 0.25) is 11.8 Å². The van der Waals surface area contributed by atoms with E-state index in [0.29, 0.717) is 28.3 Å². The molecule has 0 radical (unpaired) electrons. The maximum atomic E-state index is 13.1. The van der Waals surface area contributed by atoms with Crippen LogP contribution in [0.25, 0.3) is 11.6 Å². The Morgan fingerprint density at radius 2 is 1.92 bits per heavy atom. The van der Waals surface area contributed by atoms with Gasteiger partial charge in [-0.25, -0.2) is 4.79 Å². The summed E-state index contributed by atoms with van der Waals surface area (Å²) in [6.07, 6.45) is 2.04. The molecule has 8 nitrogen and oxygen atoms in total. The quantitative estimate of drug-likeness (QED) is 0.318. The molecule has 2 fully saturated rings. The molecule has 2 N–H and O–H groups in total. The molecule has 3 amide bonds. The number of aromatic hydroxyl groups is 1. The average Bonchev–Trinajstić information content (AvgIpc) is 3.45. The molecule has 0 saturated carbocycles. The molecule has 38 heavy (non-hydrogen) atoms. The highest BCUT2D eigenvalue weighted by Crippen LogP contribution is 2.50. The van der Waals surface area contributed by atoms with Crippen LogP contribution in [0, 0.1) is 17.8 Å². The van der Waals surface area contributed by atoms with Crippen molar-refractivity contribution in [2.45, 2.75) is 25.4 Å². The molecule has 0 unspecified atom stereocenters. The summed E-state index contributed by atoms with van der Waals surface area (Å²) in [7, 11) is 1.13. The number of methoxy groups -OCH3 is 1. The average molecular weight is 538 g/mol. The van der Waals surface area contributed by atoms with Crippen molar-refractivity contribution in [3.8, 4) is 5.75 Å². The zero-order valence-electron chi connectivity index (χ0n) is 20.8. The third-order valence-corrected chi connectivity index (χ3v) is 8.02. The second-order valence-corrected chi connectivity index (χ2v) is 10.2. The molecule has 0 bridgehead atoms. The molecule has 2 saturated heterocycles.